The van der Waals surface area contributed by atoms with Gasteiger partial charge in [0.05, 0.1) is 0 Å². The monoisotopic (exact) mass is 215 g/mol. The number of rotatable bonds is 5. The minimum atomic E-state index is 0. The summed E-state index contributed by atoms with van der Waals surface area (Å²) in [6.45, 7) is 6.02. The number of unbranched alkanes of at least 4 members (excludes halogenated alkanes) is 5. The predicted octanol–water partition coefficient (Wildman–Crippen LogP) is 0.704. The van der Waals surface area contributed by atoms with Crippen LogP contribution in [0.1, 0.15) is 45.4 Å². The summed E-state index contributed by atoms with van der Waals surface area (Å²) in [6.07, 6.45) is 7.98. The van der Waals surface area contributed by atoms with Crippen LogP contribution in [-0.2, 0) is 21.7 Å². The van der Waals surface area contributed by atoms with Gasteiger partial charge in [-0.25, -0.2) is 0 Å². The van der Waals surface area contributed by atoms with Crippen molar-refractivity contribution in [3.05, 3.63) is 6.92 Å². The zero-order valence-electron chi connectivity index (χ0n) is 7.95. The Morgan fingerprint density at radius 1 is 0.833 bits per heavy atom. The molecule has 0 spiro atoms. The molecule has 0 amide bonds. The van der Waals surface area contributed by atoms with Crippen molar-refractivity contribution in [2.75, 3.05) is 0 Å². The van der Waals surface area contributed by atoms with E-state index in [4.69, 9.17) is 0 Å². The molecule has 0 heterocycles. The summed E-state index contributed by atoms with van der Waals surface area (Å²) >= 11 is 0. The Labute approximate surface area is 90.7 Å². The van der Waals surface area contributed by atoms with Crippen molar-refractivity contribution in [1.82, 2.24) is 0 Å². The van der Waals surface area contributed by atoms with E-state index >= 15 is 0 Å². The second-order valence-corrected chi connectivity index (χ2v) is 2.27. The van der Waals surface area contributed by atoms with Crippen LogP contribution in [-0.4, -0.2) is 16.4 Å². The van der Waals surface area contributed by atoms with E-state index in [-0.39, 0.29) is 38.1 Å². The molecule has 0 aromatic heterocycles. The summed E-state index contributed by atoms with van der Waals surface area (Å²) in [5.74, 6) is 0. The molecule has 0 aromatic carbocycles. The molecule has 0 aliphatic carbocycles. The molecule has 0 saturated heterocycles. The summed E-state index contributed by atoms with van der Waals surface area (Å²) in [5, 5.41) is 0. The SMILES string of the molecule is O.O.O.[CH2-]CCCCCCC.[Ti]. The van der Waals surface area contributed by atoms with Crippen molar-refractivity contribution >= 4 is 0 Å². The van der Waals surface area contributed by atoms with Crippen molar-refractivity contribution in [3.63, 3.8) is 0 Å². The fourth-order valence-corrected chi connectivity index (χ4v) is 0.780. The molecule has 0 bridgehead atoms. The molecule has 12 heavy (non-hydrogen) atoms. The average Bonchev–Trinajstić information content (AvgIpc) is 1.81. The van der Waals surface area contributed by atoms with E-state index in [2.05, 4.69) is 13.8 Å². The van der Waals surface area contributed by atoms with Crippen LogP contribution >= 0.6 is 0 Å². The van der Waals surface area contributed by atoms with E-state index in [1.165, 1.54) is 32.1 Å². The van der Waals surface area contributed by atoms with Crippen LogP contribution in [0.25, 0.3) is 0 Å². The smallest absolute Gasteiger partial charge is 0 e. The van der Waals surface area contributed by atoms with Gasteiger partial charge < -0.3 is 23.4 Å². The summed E-state index contributed by atoms with van der Waals surface area (Å²) in [5.41, 5.74) is 0. The Balaban J connectivity index is -0.0000000408. The first-order valence-electron chi connectivity index (χ1n) is 3.71. The van der Waals surface area contributed by atoms with E-state index in [1.54, 1.807) is 0 Å². The van der Waals surface area contributed by atoms with Gasteiger partial charge in [-0.3, -0.25) is 0 Å². The zero-order chi connectivity index (χ0) is 6.24. The topological polar surface area (TPSA) is 94.5 Å². The summed E-state index contributed by atoms with van der Waals surface area (Å²) in [4.78, 5) is 0. The Hall–Kier alpha value is 0.594. The predicted molar refractivity (Wildman–Crippen MR) is 49.6 cm³/mol. The van der Waals surface area contributed by atoms with Crippen molar-refractivity contribution in [3.8, 4) is 0 Å². The Morgan fingerprint density at radius 3 is 1.58 bits per heavy atom. The zero-order valence-corrected chi connectivity index (χ0v) is 9.51. The van der Waals surface area contributed by atoms with Crippen molar-refractivity contribution in [1.29, 1.82) is 0 Å². The fourth-order valence-electron chi connectivity index (χ4n) is 0.780. The van der Waals surface area contributed by atoms with Crippen molar-refractivity contribution in [2.24, 2.45) is 0 Å². The van der Waals surface area contributed by atoms with Gasteiger partial charge in [-0.2, -0.15) is 6.42 Å². The van der Waals surface area contributed by atoms with Gasteiger partial charge in [-0.15, -0.1) is 0 Å². The van der Waals surface area contributed by atoms with Crippen molar-refractivity contribution in [2.45, 2.75) is 45.4 Å². The summed E-state index contributed by atoms with van der Waals surface area (Å²) in [6, 6.07) is 0. The van der Waals surface area contributed by atoms with Gasteiger partial charge in [-0.05, 0) is 0 Å². The molecule has 0 aliphatic heterocycles. The van der Waals surface area contributed by atoms with E-state index < -0.39 is 0 Å². The standard InChI is InChI=1S/C8H17.3H2O.Ti/c1-3-5-7-8-6-4-2;;;;/h1,3-8H2,2H3;3*1H2;/q-1;;;;. The number of hydrogen-bond acceptors (Lipinski definition) is 0. The normalized spacial score (nSPS) is 6.50. The number of hydrogen-bond donors (Lipinski definition) is 0. The van der Waals surface area contributed by atoms with Crippen LogP contribution in [0.4, 0.5) is 0 Å². The van der Waals surface area contributed by atoms with Gasteiger partial charge >= 0.3 is 0 Å². The maximum Gasteiger partial charge on any atom is 0 e. The van der Waals surface area contributed by atoms with Crippen LogP contribution in [0, 0.1) is 6.92 Å². The Bertz CT molecular complexity index is 39.3. The van der Waals surface area contributed by atoms with Gasteiger partial charge in [0.2, 0.25) is 0 Å². The van der Waals surface area contributed by atoms with E-state index in [0.29, 0.717) is 0 Å². The Morgan fingerprint density at radius 2 is 1.25 bits per heavy atom. The molecular weight excluding hydrogens is 192 g/mol. The molecule has 0 unspecified atom stereocenters. The fraction of sp³-hybridized carbons (Fsp3) is 0.875. The van der Waals surface area contributed by atoms with E-state index in [0.717, 1.165) is 6.42 Å². The van der Waals surface area contributed by atoms with E-state index in [1.807, 2.05) is 0 Å². The largest absolute Gasteiger partial charge is 0.412 e. The van der Waals surface area contributed by atoms with Crippen molar-refractivity contribution < 1.29 is 38.1 Å². The molecule has 3 nitrogen and oxygen atoms in total. The molecule has 4 heteroatoms. The molecule has 0 aromatic rings. The molecule has 78 valence electrons. The Kier molecular flexibility index (Phi) is 73.2. The maximum absolute atomic E-state index is 3.78. The molecular formula is C8H23O3Ti-. The first kappa shape index (κ1) is 29.4. The summed E-state index contributed by atoms with van der Waals surface area (Å²) in [7, 11) is 0. The second kappa shape index (κ2) is 29.9. The van der Waals surface area contributed by atoms with Gasteiger partial charge in [0.25, 0.3) is 0 Å². The minimum Gasteiger partial charge on any atom is -0.412 e. The third kappa shape index (κ3) is 31.2. The van der Waals surface area contributed by atoms with Gasteiger partial charge in [0.15, 0.2) is 0 Å². The molecule has 0 aliphatic rings. The molecule has 0 rings (SSSR count). The molecule has 0 saturated carbocycles. The van der Waals surface area contributed by atoms with Gasteiger partial charge in [0, 0.05) is 21.7 Å². The summed E-state index contributed by atoms with van der Waals surface area (Å²) < 4.78 is 0. The molecule has 0 radical (unpaired) electrons. The van der Waals surface area contributed by atoms with Crippen LogP contribution in [0.2, 0.25) is 0 Å². The molecule has 0 fully saturated rings. The van der Waals surface area contributed by atoms with Crippen LogP contribution in [0.5, 0.6) is 0 Å². The average molecular weight is 215 g/mol. The maximum atomic E-state index is 3.78. The van der Waals surface area contributed by atoms with Gasteiger partial charge in [-0.1, -0.05) is 39.0 Å². The van der Waals surface area contributed by atoms with Crippen LogP contribution in [0.15, 0.2) is 0 Å². The molecule has 0 atom stereocenters. The van der Waals surface area contributed by atoms with Gasteiger partial charge in [0.1, 0.15) is 0 Å². The molecule has 6 N–H and O–H groups in total. The van der Waals surface area contributed by atoms with Crippen LogP contribution in [0.3, 0.4) is 0 Å². The minimum absolute atomic E-state index is 0. The first-order chi connectivity index (χ1) is 3.91. The van der Waals surface area contributed by atoms with E-state index in [9.17, 15) is 0 Å². The third-order valence-corrected chi connectivity index (χ3v) is 1.35. The van der Waals surface area contributed by atoms with Crippen LogP contribution < -0.4 is 0 Å². The third-order valence-electron chi connectivity index (χ3n) is 1.35. The second-order valence-electron chi connectivity index (χ2n) is 2.27. The first-order valence-corrected chi connectivity index (χ1v) is 3.71. The quantitative estimate of drug-likeness (QED) is 0.366.